The van der Waals surface area contributed by atoms with Gasteiger partial charge in [-0.1, -0.05) is 12.1 Å². The van der Waals surface area contributed by atoms with Crippen molar-refractivity contribution in [1.82, 2.24) is 4.90 Å². The number of benzene rings is 2. The van der Waals surface area contributed by atoms with Gasteiger partial charge in [0.05, 0.1) is 32.6 Å². The Bertz CT molecular complexity index is 1000. The molecule has 0 bridgehead atoms. The number of carbonyl (C=O) groups is 2. The minimum atomic E-state index is -0.401. The summed E-state index contributed by atoms with van der Waals surface area (Å²) in [6.45, 7) is 3.22. The smallest absolute Gasteiger partial charge is 0.278 e. The normalized spacial score (nSPS) is 13.6. The van der Waals surface area contributed by atoms with E-state index >= 15 is 0 Å². The fourth-order valence-electron chi connectivity index (χ4n) is 3.44. The van der Waals surface area contributed by atoms with Gasteiger partial charge in [0.2, 0.25) is 0 Å². The maximum Gasteiger partial charge on any atom is 0.278 e. The number of hydrogen-bond acceptors (Lipinski definition) is 7. The van der Waals surface area contributed by atoms with Gasteiger partial charge in [-0.2, -0.15) is 0 Å². The predicted molar refractivity (Wildman–Crippen MR) is 121 cm³/mol. The average Bonchev–Trinajstić information content (AvgIpc) is 3.05. The first-order valence-electron chi connectivity index (χ1n) is 10.4. The summed E-state index contributed by atoms with van der Waals surface area (Å²) in [5, 5.41) is 3.12. The van der Waals surface area contributed by atoms with E-state index in [0.29, 0.717) is 53.7 Å². The molecule has 0 saturated heterocycles. The second-order valence-corrected chi connectivity index (χ2v) is 6.98. The van der Waals surface area contributed by atoms with Crippen LogP contribution in [0, 0.1) is 0 Å². The number of nitrogens with zero attached hydrogens (tertiary/aromatic N) is 1. The fraction of sp³-hybridized carbons (Fsp3) is 0.333. The molecule has 0 spiro atoms. The molecule has 1 aliphatic heterocycles. The summed E-state index contributed by atoms with van der Waals surface area (Å²) >= 11 is 0. The van der Waals surface area contributed by atoms with E-state index in [1.165, 1.54) is 12.0 Å². The highest BCUT2D eigenvalue weighted by Gasteiger charge is 2.39. The van der Waals surface area contributed by atoms with Crippen molar-refractivity contribution in [3.63, 3.8) is 0 Å². The van der Waals surface area contributed by atoms with Crippen LogP contribution in [0.5, 0.6) is 17.2 Å². The number of methoxy groups -OCH3 is 3. The Labute approximate surface area is 187 Å². The summed E-state index contributed by atoms with van der Waals surface area (Å²) in [7, 11) is 4.66. The second kappa shape index (κ2) is 10.7. The van der Waals surface area contributed by atoms with Crippen LogP contribution in [0.4, 0.5) is 5.69 Å². The van der Waals surface area contributed by atoms with Crippen LogP contribution in [-0.4, -0.2) is 57.8 Å². The summed E-state index contributed by atoms with van der Waals surface area (Å²) in [6, 6.07) is 12.2. The van der Waals surface area contributed by atoms with Gasteiger partial charge in [-0.25, -0.2) is 0 Å². The molecule has 0 atom stereocenters. The molecule has 0 fully saturated rings. The first kappa shape index (κ1) is 23.1. The van der Waals surface area contributed by atoms with Crippen molar-refractivity contribution in [3.05, 3.63) is 53.7 Å². The van der Waals surface area contributed by atoms with E-state index in [1.54, 1.807) is 56.7 Å². The Balaban J connectivity index is 2.00. The van der Waals surface area contributed by atoms with E-state index in [-0.39, 0.29) is 18.1 Å². The van der Waals surface area contributed by atoms with Gasteiger partial charge in [0.25, 0.3) is 11.8 Å². The zero-order valence-electron chi connectivity index (χ0n) is 18.8. The third-order valence-corrected chi connectivity index (χ3v) is 5.09. The molecule has 2 aromatic carbocycles. The molecule has 1 heterocycles. The van der Waals surface area contributed by atoms with Gasteiger partial charge >= 0.3 is 0 Å². The van der Waals surface area contributed by atoms with Gasteiger partial charge in [0, 0.05) is 25.8 Å². The number of carbonyl (C=O) groups excluding carboxylic acids is 2. The monoisotopic (exact) mass is 440 g/mol. The van der Waals surface area contributed by atoms with E-state index in [0.717, 1.165) is 0 Å². The van der Waals surface area contributed by atoms with Gasteiger partial charge in [-0.15, -0.1) is 0 Å². The Morgan fingerprint density at radius 2 is 1.56 bits per heavy atom. The maximum atomic E-state index is 13.3. The van der Waals surface area contributed by atoms with E-state index in [4.69, 9.17) is 18.9 Å². The minimum Gasteiger partial charge on any atom is -0.497 e. The van der Waals surface area contributed by atoms with Crippen LogP contribution in [0.2, 0.25) is 0 Å². The number of rotatable bonds is 11. The van der Waals surface area contributed by atoms with Crippen LogP contribution in [0.1, 0.15) is 18.9 Å². The highest BCUT2D eigenvalue weighted by molar-refractivity contribution is 6.36. The molecule has 170 valence electrons. The molecule has 32 heavy (non-hydrogen) atoms. The molecule has 8 nitrogen and oxygen atoms in total. The van der Waals surface area contributed by atoms with Crippen LogP contribution < -0.4 is 19.5 Å². The summed E-state index contributed by atoms with van der Waals surface area (Å²) in [4.78, 5) is 27.8. The molecule has 0 aromatic heterocycles. The van der Waals surface area contributed by atoms with Gasteiger partial charge in [-0.05, 0) is 43.2 Å². The lowest BCUT2D eigenvalue weighted by Crippen LogP contribution is -2.34. The third-order valence-electron chi connectivity index (χ3n) is 5.09. The molecule has 0 radical (unpaired) electrons. The largest absolute Gasteiger partial charge is 0.497 e. The summed E-state index contributed by atoms with van der Waals surface area (Å²) in [5.74, 6) is 1.000. The number of hydrogen-bond donors (Lipinski definition) is 1. The standard InChI is InChI=1S/C24H28N2O6/c1-5-32-14-6-13-26-23(27)21(16-7-9-17(29-2)10-8-16)22(24(26)28)25-19-15-18(30-3)11-12-20(19)31-4/h7-12,15,25H,5-6,13-14H2,1-4H3. The predicted octanol–water partition coefficient (Wildman–Crippen LogP) is 3.33. The SMILES string of the molecule is CCOCCCN1C(=O)C(Nc2cc(OC)ccc2OC)=C(c2ccc(OC)cc2)C1=O. The zero-order chi connectivity index (χ0) is 23.1. The molecule has 2 amide bonds. The van der Waals surface area contributed by atoms with Gasteiger partial charge < -0.3 is 24.3 Å². The van der Waals surface area contributed by atoms with Crippen molar-refractivity contribution in [2.45, 2.75) is 13.3 Å². The lowest BCUT2D eigenvalue weighted by Gasteiger charge is -2.16. The Morgan fingerprint density at radius 3 is 2.19 bits per heavy atom. The second-order valence-electron chi connectivity index (χ2n) is 6.98. The Kier molecular flexibility index (Phi) is 7.72. The van der Waals surface area contributed by atoms with Crippen molar-refractivity contribution >= 4 is 23.1 Å². The molecule has 0 unspecified atom stereocenters. The van der Waals surface area contributed by atoms with E-state index in [1.807, 2.05) is 6.92 Å². The summed E-state index contributed by atoms with van der Waals surface area (Å²) in [5.41, 5.74) is 1.60. The molecule has 1 N–H and O–H groups in total. The number of ether oxygens (including phenoxy) is 4. The number of amides is 2. The Morgan fingerprint density at radius 1 is 0.875 bits per heavy atom. The zero-order valence-corrected chi connectivity index (χ0v) is 18.8. The number of nitrogens with one attached hydrogen (secondary N) is 1. The molecule has 1 aliphatic rings. The third kappa shape index (κ3) is 4.86. The van der Waals surface area contributed by atoms with Gasteiger partial charge in [0.1, 0.15) is 22.9 Å². The molecular formula is C24H28N2O6. The first-order valence-corrected chi connectivity index (χ1v) is 10.4. The van der Waals surface area contributed by atoms with Crippen molar-refractivity contribution in [2.24, 2.45) is 0 Å². The van der Waals surface area contributed by atoms with Crippen LogP contribution in [-0.2, 0) is 14.3 Å². The molecule has 0 saturated carbocycles. The Hall–Kier alpha value is -3.52. The van der Waals surface area contributed by atoms with Gasteiger partial charge in [0.15, 0.2) is 0 Å². The minimum absolute atomic E-state index is 0.183. The molecular weight excluding hydrogens is 412 g/mol. The average molecular weight is 440 g/mol. The lowest BCUT2D eigenvalue weighted by molar-refractivity contribution is -0.137. The molecule has 3 rings (SSSR count). The van der Waals surface area contributed by atoms with Crippen molar-refractivity contribution in [2.75, 3.05) is 46.4 Å². The van der Waals surface area contributed by atoms with E-state index < -0.39 is 5.91 Å². The van der Waals surface area contributed by atoms with Crippen molar-refractivity contribution in [1.29, 1.82) is 0 Å². The first-order chi connectivity index (χ1) is 15.5. The number of anilines is 1. The highest BCUT2D eigenvalue weighted by atomic mass is 16.5. The highest BCUT2D eigenvalue weighted by Crippen LogP contribution is 2.35. The van der Waals surface area contributed by atoms with Crippen LogP contribution in [0.15, 0.2) is 48.2 Å². The van der Waals surface area contributed by atoms with Gasteiger partial charge in [-0.3, -0.25) is 14.5 Å². The molecule has 2 aromatic rings. The van der Waals surface area contributed by atoms with Crippen LogP contribution in [0.25, 0.3) is 5.57 Å². The summed E-state index contributed by atoms with van der Waals surface area (Å²) < 4.78 is 21.3. The number of imide groups is 1. The molecule has 0 aliphatic carbocycles. The van der Waals surface area contributed by atoms with E-state index in [2.05, 4.69) is 5.32 Å². The van der Waals surface area contributed by atoms with Crippen molar-refractivity contribution in [3.8, 4) is 17.2 Å². The summed E-state index contributed by atoms with van der Waals surface area (Å²) in [6.07, 6.45) is 0.553. The van der Waals surface area contributed by atoms with Crippen LogP contribution in [0.3, 0.4) is 0 Å². The van der Waals surface area contributed by atoms with E-state index in [9.17, 15) is 9.59 Å². The topological polar surface area (TPSA) is 86.3 Å². The quantitative estimate of drug-likeness (QED) is 0.424. The molecule has 8 heteroatoms. The lowest BCUT2D eigenvalue weighted by atomic mass is 10.0. The fourth-order valence-corrected chi connectivity index (χ4v) is 3.44. The van der Waals surface area contributed by atoms with Crippen molar-refractivity contribution < 1.29 is 28.5 Å². The maximum absolute atomic E-state index is 13.3. The van der Waals surface area contributed by atoms with Crippen LogP contribution >= 0.6 is 0 Å².